The average molecular weight is 471 g/mol. The van der Waals surface area contributed by atoms with E-state index in [4.69, 9.17) is 4.74 Å². The Morgan fingerprint density at radius 1 is 1.15 bits per heavy atom. The highest BCUT2D eigenvalue weighted by Gasteiger charge is 2.56. The summed E-state index contributed by atoms with van der Waals surface area (Å²) >= 11 is 0. The van der Waals surface area contributed by atoms with Gasteiger partial charge in [0, 0.05) is 6.54 Å². The van der Waals surface area contributed by atoms with Crippen LogP contribution in [-0.2, 0) is 25.5 Å². The first-order valence-corrected chi connectivity index (χ1v) is 12.8. The van der Waals surface area contributed by atoms with Crippen molar-refractivity contribution in [2.45, 2.75) is 83.3 Å². The van der Waals surface area contributed by atoms with E-state index in [1.165, 1.54) is 12.8 Å². The molecule has 1 aromatic carbocycles. The summed E-state index contributed by atoms with van der Waals surface area (Å²) in [6, 6.07) is 7.79. The summed E-state index contributed by atoms with van der Waals surface area (Å²) in [7, 11) is 0. The van der Waals surface area contributed by atoms with Crippen LogP contribution in [0.3, 0.4) is 0 Å². The number of carboxylic acid groups (broad SMARTS) is 1. The molecule has 4 fully saturated rings. The van der Waals surface area contributed by atoms with E-state index in [2.05, 4.69) is 5.32 Å². The number of hydrogen-bond acceptors (Lipinski definition) is 5. The van der Waals surface area contributed by atoms with Crippen molar-refractivity contribution in [2.75, 3.05) is 13.2 Å². The molecule has 2 bridgehead atoms. The van der Waals surface area contributed by atoms with Gasteiger partial charge in [0.1, 0.15) is 12.1 Å². The zero-order chi connectivity index (χ0) is 24.3. The number of nitrogens with zero attached hydrogens (tertiary/aromatic N) is 1. The Kier molecular flexibility index (Phi) is 7.60. The van der Waals surface area contributed by atoms with E-state index in [9.17, 15) is 19.5 Å². The number of esters is 1. The molecule has 2 N–H and O–H groups in total. The van der Waals surface area contributed by atoms with E-state index in [0.29, 0.717) is 37.6 Å². The fourth-order valence-corrected chi connectivity index (χ4v) is 6.72. The van der Waals surface area contributed by atoms with Gasteiger partial charge in [-0.25, -0.2) is 4.79 Å². The summed E-state index contributed by atoms with van der Waals surface area (Å²) in [4.78, 5) is 39.9. The maximum atomic E-state index is 13.5. The molecule has 1 aromatic rings. The van der Waals surface area contributed by atoms with Gasteiger partial charge in [-0.1, -0.05) is 43.2 Å². The predicted molar refractivity (Wildman–Crippen MR) is 128 cm³/mol. The number of amides is 1. The lowest BCUT2D eigenvalue weighted by Gasteiger charge is -2.50. The summed E-state index contributed by atoms with van der Waals surface area (Å²) in [5.74, 6) is -0.366. The van der Waals surface area contributed by atoms with E-state index in [1.807, 2.05) is 30.3 Å². The first-order chi connectivity index (χ1) is 16.3. The van der Waals surface area contributed by atoms with Gasteiger partial charge in [0.05, 0.1) is 12.6 Å². The Morgan fingerprint density at radius 3 is 2.44 bits per heavy atom. The van der Waals surface area contributed by atoms with Gasteiger partial charge in [0.15, 0.2) is 0 Å². The molecule has 1 aliphatic heterocycles. The van der Waals surface area contributed by atoms with Crippen LogP contribution in [-0.4, -0.2) is 59.1 Å². The van der Waals surface area contributed by atoms with Gasteiger partial charge in [-0.3, -0.25) is 14.9 Å². The van der Waals surface area contributed by atoms with Crippen molar-refractivity contribution in [3.05, 3.63) is 35.9 Å². The number of ether oxygens (including phenoxy) is 1. The topological polar surface area (TPSA) is 95.9 Å². The van der Waals surface area contributed by atoms with Gasteiger partial charge >= 0.3 is 11.9 Å². The molecule has 1 heterocycles. The molecule has 3 aliphatic carbocycles. The molecule has 7 nitrogen and oxygen atoms in total. The lowest BCUT2D eigenvalue weighted by Crippen LogP contribution is -2.54. The molecule has 4 atom stereocenters. The third-order valence-electron chi connectivity index (χ3n) is 8.39. The number of aliphatic carboxylic acids is 1. The van der Waals surface area contributed by atoms with Crippen molar-refractivity contribution >= 4 is 17.8 Å². The van der Waals surface area contributed by atoms with E-state index >= 15 is 0 Å². The van der Waals surface area contributed by atoms with E-state index in [1.54, 1.807) is 18.7 Å². The summed E-state index contributed by atoms with van der Waals surface area (Å²) in [5.41, 5.74) is 1.05. The van der Waals surface area contributed by atoms with Crippen LogP contribution in [0, 0.1) is 17.3 Å². The number of aryl methyl sites for hydroxylation is 1. The maximum absolute atomic E-state index is 13.5. The third-order valence-corrected chi connectivity index (χ3v) is 8.39. The largest absolute Gasteiger partial charge is 0.480 e. The highest BCUT2D eigenvalue weighted by molar-refractivity contribution is 5.88. The second-order valence-electron chi connectivity index (χ2n) is 10.5. The molecule has 7 heteroatoms. The smallest absolute Gasteiger partial charge is 0.326 e. The van der Waals surface area contributed by atoms with Crippen molar-refractivity contribution in [1.29, 1.82) is 0 Å². The van der Waals surface area contributed by atoms with Crippen molar-refractivity contribution in [3.8, 4) is 0 Å². The van der Waals surface area contributed by atoms with E-state index in [0.717, 1.165) is 24.8 Å². The second kappa shape index (κ2) is 10.5. The molecule has 4 aliphatic rings. The summed E-state index contributed by atoms with van der Waals surface area (Å²) in [6.07, 6.45) is 7.53. The molecule has 1 saturated heterocycles. The van der Waals surface area contributed by atoms with Crippen LogP contribution in [0.4, 0.5) is 0 Å². The quantitative estimate of drug-likeness (QED) is 0.537. The molecule has 0 unspecified atom stereocenters. The maximum Gasteiger partial charge on any atom is 0.326 e. The molecule has 5 rings (SSSR count). The highest BCUT2D eigenvalue weighted by Crippen LogP contribution is 2.57. The number of carbonyl (C=O) groups is 3. The van der Waals surface area contributed by atoms with Gasteiger partial charge in [0.25, 0.3) is 0 Å². The summed E-state index contributed by atoms with van der Waals surface area (Å²) in [5, 5.41) is 13.1. The van der Waals surface area contributed by atoms with Crippen LogP contribution in [0.15, 0.2) is 30.3 Å². The molecule has 3 saturated carbocycles. The molecule has 186 valence electrons. The van der Waals surface area contributed by atoms with Crippen LogP contribution in [0.2, 0.25) is 0 Å². The van der Waals surface area contributed by atoms with Crippen LogP contribution in [0.25, 0.3) is 0 Å². The number of nitrogens with one attached hydrogen (secondary N) is 1. The van der Waals surface area contributed by atoms with Crippen LogP contribution in [0.1, 0.15) is 64.4 Å². The molecule has 1 amide bonds. The normalized spacial score (nSPS) is 29.7. The zero-order valence-electron chi connectivity index (χ0n) is 20.4. The molecule has 0 radical (unpaired) electrons. The highest BCUT2D eigenvalue weighted by atomic mass is 16.5. The minimum absolute atomic E-state index is 0.0620. The lowest BCUT2D eigenvalue weighted by molar-refractivity contribution is -0.150. The zero-order valence-corrected chi connectivity index (χ0v) is 20.4. The monoisotopic (exact) mass is 470 g/mol. The predicted octanol–water partition coefficient (Wildman–Crippen LogP) is 3.41. The van der Waals surface area contributed by atoms with Crippen molar-refractivity contribution in [2.24, 2.45) is 17.3 Å². The number of carboxylic acids is 1. The number of carbonyl (C=O) groups excluding carboxylic acids is 2. The minimum atomic E-state index is -0.926. The fourth-order valence-electron chi connectivity index (χ4n) is 6.72. The Bertz CT molecular complexity index is 882. The first-order valence-electron chi connectivity index (χ1n) is 12.8. The fraction of sp³-hybridized carbons (Fsp3) is 0.667. The number of fused-ring (bicyclic) bond motifs is 2. The van der Waals surface area contributed by atoms with Crippen molar-refractivity contribution < 1.29 is 24.2 Å². The Balaban J connectivity index is 1.45. The van der Waals surface area contributed by atoms with Gasteiger partial charge in [-0.2, -0.15) is 0 Å². The molecule has 34 heavy (non-hydrogen) atoms. The van der Waals surface area contributed by atoms with Crippen LogP contribution >= 0.6 is 0 Å². The Hall–Kier alpha value is -2.41. The molecule has 1 spiro atoms. The van der Waals surface area contributed by atoms with Gasteiger partial charge in [-0.15, -0.1) is 0 Å². The second-order valence-corrected chi connectivity index (χ2v) is 10.5. The Morgan fingerprint density at radius 2 is 1.85 bits per heavy atom. The number of benzene rings is 1. The van der Waals surface area contributed by atoms with Gasteiger partial charge in [-0.05, 0) is 75.2 Å². The first kappa shape index (κ1) is 24.7. The van der Waals surface area contributed by atoms with Gasteiger partial charge < -0.3 is 14.7 Å². The SMILES string of the molecule is CCOC(=O)[C@H](CCc1ccccc1)N[C@@H](C)C(=O)N1C[C@@]2(CC3CCC2CC3)C[C@H]1C(=O)O. The number of hydrogen-bond donors (Lipinski definition) is 2. The summed E-state index contributed by atoms with van der Waals surface area (Å²) in [6.45, 7) is 4.28. The number of likely N-dealkylation sites (tertiary alicyclic amines) is 1. The van der Waals surface area contributed by atoms with E-state index in [-0.39, 0.29) is 23.9 Å². The van der Waals surface area contributed by atoms with Crippen molar-refractivity contribution in [1.82, 2.24) is 10.2 Å². The van der Waals surface area contributed by atoms with Gasteiger partial charge in [0.2, 0.25) is 5.91 Å². The van der Waals surface area contributed by atoms with E-state index < -0.39 is 24.1 Å². The Labute approximate surface area is 202 Å². The standard InChI is InChI=1S/C27H38N2O5/c1-3-34-26(33)22(14-11-19-7-5-4-6-8-19)28-18(2)24(30)29-17-27(16-23(29)25(31)32)15-20-9-12-21(27)13-10-20/h4-8,18,20-23,28H,3,9-17H2,1-2H3,(H,31,32)/t18-,20?,21?,22-,23-,27+/m0/s1. The third kappa shape index (κ3) is 5.14. The average Bonchev–Trinajstić information content (AvgIpc) is 3.21. The summed E-state index contributed by atoms with van der Waals surface area (Å²) < 4.78 is 5.26. The minimum Gasteiger partial charge on any atom is -0.480 e. The molecular formula is C27H38N2O5. The number of rotatable bonds is 9. The molecular weight excluding hydrogens is 432 g/mol. The molecule has 0 aromatic heterocycles. The van der Waals surface area contributed by atoms with Crippen LogP contribution < -0.4 is 5.32 Å². The van der Waals surface area contributed by atoms with Crippen LogP contribution in [0.5, 0.6) is 0 Å². The van der Waals surface area contributed by atoms with Crippen molar-refractivity contribution in [3.63, 3.8) is 0 Å². The lowest BCUT2D eigenvalue weighted by atomic mass is 9.55.